The fraction of sp³-hybridized carbons (Fsp3) is 0.150. The van der Waals surface area contributed by atoms with Gasteiger partial charge in [-0.2, -0.15) is 0 Å². The lowest BCUT2D eigenvalue weighted by Gasteiger charge is -2.23. The van der Waals surface area contributed by atoms with E-state index in [1.165, 1.54) is 10.6 Å². The zero-order valence-corrected chi connectivity index (χ0v) is 15.8. The van der Waals surface area contributed by atoms with Crippen LogP contribution in [0.4, 0.5) is 11.4 Å². The van der Waals surface area contributed by atoms with Crippen molar-refractivity contribution in [3.63, 3.8) is 0 Å². The minimum absolute atomic E-state index is 0.228. The summed E-state index contributed by atoms with van der Waals surface area (Å²) in [7, 11) is 0. The molecule has 0 aliphatic carbocycles. The number of para-hydroxylation sites is 1. The summed E-state index contributed by atoms with van der Waals surface area (Å²) in [4.78, 5) is 12.7. The van der Waals surface area contributed by atoms with Gasteiger partial charge in [0, 0.05) is 0 Å². The lowest BCUT2D eigenvalue weighted by molar-refractivity contribution is 0.0949. The lowest BCUT2D eigenvalue weighted by Crippen LogP contribution is -2.27. The molecule has 0 saturated carbocycles. The highest BCUT2D eigenvalue weighted by atomic mass is 32.2. The predicted octanol–water partition coefficient (Wildman–Crippen LogP) is 4.10. The molecule has 0 spiro atoms. The summed E-state index contributed by atoms with van der Waals surface area (Å²) in [6, 6.07) is 15.7. The zero-order valence-electron chi connectivity index (χ0n) is 15.0. The number of nitrogens with zero attached hydrogens (tertiary/aromatic N) is 1. The maximum Gasteiger partial charge on any atom is 0.266 e. The number of furan rings is 1. The van der Waals surface area contributed by atoms with Crippen LogP contribution >= 0.6 is 0 Å². The van der Waals surface area contributed by atoms with Crippen molar-refractivity contribution in [1.29, 1.82) is 0 Å². The Bertz CT molecular complexity index is 970. The van der Waals surface area contributed by atoms with Crippen molar-refractivity contribution in [1.82, 2.24) is 5.32 Å². The van der Waals surface area contributed by atoms with Gasteiger partial charge in [-0.15, -0.1) is 0 Å². The molecule has 140 valence electrons. The van der Waals surface area contributed by atoms with Gasteiger partial charge >= 0.3 is 0 Å². The second-order valence-electron chi connectivity index (χ2n) is 6.07. The molecule has 0 aliphatic heterocycles. The van der Waals surface area contributed by atoms with E-state index >= 15 is 0 Å². The number of amides is 1. The molecule has 3 aromatic rings. The van der Waals surface area contributed by atoms with Crippen LogP contribution in [0.15, 0.2) is 65.3 Å². The molecule has 0 saturated heterocycles. The monoisotopic (exact) mass is 384 g/mol. The summed E-state index contributed by atoms with van der Waals surface area (Å²) < 4.78 is 28.5. The first-order valence-corrected chi connectivity index (χ1v) is 9.41. The maximum atomic E-state index is 12.7. The number of aryl methyl sites for hydroxylation is 2. The molecule has 2 aromatic carbocycles. The first kappa shape index (κ1) is 18.9. The van der Waals surface area contributed by atoms with Crippen LogP contribution in [0.2, 0.25) is 0 Å². The Morgan fingerprint density at radius 3 is 2.56 bits per heavy atom. The van der Waals surface area contributed by atoms with Gasteiger partial charge in [0.1, 0.15) is 5.76 Å². The third kappa shape index (κ3) is 4.27. The Morgan fingerprint density at radius 2 is 1.89 bits per heavy atom. The van der Waals surface area contributed by atoms with E-state index in [1.807, 2.05) is 26.0 Å². The van der Waals surface area contributed by atoms with Gasteiger partial charge in [0.05, 0.1) is 29.7 Å². The molecule has 1 aromatic heterocycles. The first-order chi connectivity index (χ1) is 13.0. The Labute approximate surface area is 160 Å². The van der Waals surface area contributed by atoms with E-state index in [2.05, 4.69) is 5.32 Å². The zero-order chi connectivity index (χ0) is 19.4. The highest BCUT2D eigenvalue weighted by Crippen LogP contribution is 2.31. The smallest absolute Gasteiger partial charge is 0.266 e. The molecule has 1 heterocycles. The van der Waals surface area contributed by atoms with E-state index in [4.69, 9.17) is 4.42 Å². The van der Waals surface area contributed by atoms with Crippen LogP contribution < -0.4 is 9.62 Å². The largest absolute Gasteiger partial charge is 0.467 e. The van der Waals surface area contributed by atoms with Crippen LogP contribution in [0.1, 0.15) is 27.2 Å². The van der Waals surface area contributed by atoms with Crippen molar-refractivity contribution in [2.75, 3.05) is 4.31 Å². The number of hydrogen-bond acceptors (Lipinski definition) is 3. The van der Waals surface area contributed by atoms with Crippen LogP contribution in [0.25, 0.3) is 0 Å². The lowest BCUT2D eigenvalue weighted by atomic mass is 10.1. The third-order valence-electron chi connectivity index (χ3n) is 4.25. The van der Waals surface area contributed by atoms with Gasteiger partial charge in [-0.1, -0.05) is 18.2 Å². The minimum Gasteiger partial charge on any atom is -0.467 e. The molecule has 3 rings (SSSR count). The number of carbonyl (C=O) groups excluding carboxylic acids is 1. The van der Waals surface area contributed by atoms with E-state index in [0.717, 1.165) is 11.1 Å². The summed E-state index contributed by atoms with van der Waals surface area (Å²) in [6.07, 6.45) is 1.53. The summed E-state index contributed by atoms with van der Waals surface area (Å²) in [6.45, 7) is 4.13. The van der Waals surface area contributed by atoms with Crippen LogP contribution in [-0.4, -0.2) is 14.7 Å². The van der Waals surface area contributed by atoms with Crippen molar-refractivity contribution >= 4 is 28.5 Å². The molecular formula is C20H20N2O4S. The van der Waals surface area contributed by atoms with Gasteiger partial charge in [-0.25, -0.2) is 8.51 Å². The highest BCUT2D eigenvalue weighted by Gasteiger charge is 2.22. The molecule has 6 nitrogen and oxygen atoms in total. The quantitative estimate of drug-likeness (QED) is 0.627. The van der Waals surface area contributed by atoms with Gasteiger partial charge in [0.15, 0.2) is 0 Å². The van der Waals surface area contributed by atoms with Crippen LogP contribution in [0.3, 0.4) is 0 Å². The van der Waals surface area contributed by atoms with Gasteiger partial charge in [-0.05, 0) is 61.4 Å². The summed E-state index contributed by atoms with van der Waals surface area (Å²) in [5, 5.41) is 2.77. The number of rotatable bonds is 6. The van der Waals surface area contributed by atoms with Crippen molar-refractivity contribution in [2.45, 2.75) is 20.4 Å². The number of hydrogen-bond donors (Lipinski definition) is 2. The maximum absolute atomic E-state index is 12.7. The van der Waals surface area contributed by atoms with Crippen molar-refractivity contribution < 1.29 is 18.0 Å². The Kier molecular flexibility index (Phi) is 5.73. The molecule has 1 unspecified atom stereocenters. The number of anilines is 2. The molecule has 0 aliphatic rings. The fourth-order valence-corrected chi connectivity index (χ4v) is 3.31. The second-order valence-corrected chi connectivity index (χ2v) is 6.90. The normalized spacial score (nSPS) is 11.8. The summed E-state index contributed by atoms with van der Waals surface area (Å²) in [5.41, 5.74) is 3.24. The standard InChI is InChI=1S/C20H20N2O4S/c1-14-9-10-16(12-15(14)2)22(27(24)25)19-8-4-3-7-18(19)20(23)21-13-17-6-5-11-26-17/h3-12H,13H2,1-2H3,(H,21,23)(H,24,25). The number of nitrogens with one attached hydrogen (secondary N) is 1. The van der Waals surface area contributed by atoms with Crippen LogP contribution in [0, 0.1) is 13.8 Å². The van der Waals surface area contributed by atoms with Crippen molar-refractivity contribution in [3.05, 3.63) is 83.3 Å². The number of benzene rings is 2. The van der Waals surface area contributed by atoms with Gasteiger partial charge in [-0.3, -0.25) is 9.35 Å². The summed E-state index contributed by atoms with van der Waals surface area (Å²) in [5.74, 6) is 0.263. The van der Waals surface area contributed by atoms with Crippen LogP contribution in [0.5, 0.6) is 0 Å². The molecule has 2 N–H and O–H groups in total. The molecule has 1 amide bonds. The van der Waals surface area contributed by atoms with Crippen molar-refractivity contribution in [2.24, 2.45) is 0 Å². The Morgan fingerprint density at radius 1 is 1.11 bits per heavy atom. The van der Waals surface area contributed by atoms with Gasteiger partial charge < -0.3 is 9.73 Å². The first-order valence-electron chi connectivity index (χ1n) is 8.35. The topological polar surface area (TPSA) is 82.8 Å². The summed E-state index contributed by atoms with van der Waals surface area (Å²) >= 11 is -2.35. The Balaban J connectivity index is 1.95. The molecule has 0 fully saturated rings. The molecule has 1 atom stereocenters. The molecule has 7 heteroatoms. The van der Waals surface area contributed by atoms with Gasteiger partial charge in [0.25, 0.3) is 17.2 Å². The average molecular weight is 384 g/mol. The molecule has 0 radical (unpaired) electrons. The predicted molar refractivity (Wildman–Crippen MR) is 105 cm³/mol. The average Bonchev–Trinajstić information content (AvgIpc) is 3.16. The minimum atomic E-state index is -2.35. The van der Waals surface area contributed by atoms with Gasteiger partial charge in [0.2, 0.25) is 0 Å². The molecular weight excluding hydrogens is 364 g/mol. The van der Waals surface area contributed by atoms with E-state index in [0.29, 0.717) is 22.7 Å². The van der Waals surface area contributed by atoms with E-state index < -0.39 is 11.3 Å². The van der Waals surface area contributed by atoms with E-state index in [9.17, 15) is 13.6 Å². The molecule has 27 heavy (non-hydrogen) atoms. The van der Waals surface area contributed by atoms with E-state index in [-0.39, 0.29) is 12.5 Å². The second kappa shape index (κ2) is 8.20. The number of carbonyl (C=O) groups is 1. The third-order valence-corrected chi connectivity index (χ3v) is 4.97. The highest BCUT2D eigenvalue weighted by molar-refractivity contribution is 7.81. The SMILES string of the molecule is Cc1ccc(N(c2ccccc2C(=O)NCc2ccco2)S(=O)O)cc1C. The fourth-order valence-electron chi connectivity index (χ4n) is 2.68. The van der Waals surface area contributed by atoms with E-state index in [1.54, 1.807) is 42.5 Å². The van der Waals surface area contributed by atoms with Crippen LogP contribution in [-0.2, 0) is 17.8 Å². The van der Waals surface area contributed by atoms with Crippen molar-refractivity contribution in [3.8, 4) is 0 Å². The molecule has 0 bridgehead atoms. The Hall–Kier alpha value is -2.90.